The number of alkyl carbamates (subject to hydrolysis) is 1. The van der Waals surface area contributed by atoms with Gasteiger partial charge in [0.15, 0.2) is 0 Å². The topological polar surface area (TPSA) is 47.6 Å². The van der Waals surface area contributed by atoms with Crippen molar-refractivity contribution in [3.05, 3.63) is 69.7 Å². The van der Waals surface area contributed by atoms with Crippen molar-refractivity contribution in [2.24, 2.45) is 0 Å². The molecule has 25 heavy (non-hydrogen) atoms. The van der Waals surface area contributed by atoms with Crippen molar-refractivity contribution in [1.82, 2.24) is 5.32 Å². The van der Waals surface area contributed by atoms with Crippen molar-refractivity contribution in [3.63, 3.8) is 0 Å². The lowest BCUT2D eigenvalue weighted by Crippen LogP contribution is -2.30. The molecule has 0 heterocycles. The van der Waals surface area contributed by atoms with Crippen LogP contribution in [0.5, 0.6) is 0 Å². The first kappa shape index (κ1) is 19.6. The molecule has 1 unspecified atom stereocenters. The molecule has 2 aromatic rings. The van der Waals surface area contributed by atoms with Crippen LogP contribution in [0.2, 0.25) is 10.0 Å². The van der Waals surface area contributed by atoms with Crippen molar-refractivity contribution in [1.29, 1.82) is 0 Å². The van der Waals surface area contributed by atoms with Gasteiger partial charge in [0, 0.05) is 16.6 Å². The first-order valence-electron chi connectivity index (χ1n) is 8.08. The Bertz CT molecular complexity index is 680. The summed E-state index contributed by atoms with van der Waals surface area (Å²) in [5.41, 5.74) is 1.82. The lowest BCUT2D eigenvalue weighted by molar-refractivity contribution is 0.0118. The monoisotopic (exact) mass is 381 g/mol. The van der Waals surface area contributed by atoms with Crippen LogP contribution >= 0.6 is 23.2 Å². The van der Waals surface area contributed by atoms with Gasteiger partial charge in [-0.25, -0.2) is 4.79 Å². The maximum atomic E-state index is 11.9. The molecule has 1 atom stereocenters. The van der Waals surface area contributed by atoms with Crippen molar-refractivity contribution in [2.75, 3.05) is 6.61 Å². The van der Waals surface area contributed by atoms with E-state index in [-0.39, 0.29) is 12.7 Å². The summed E-state index contributed by atoms with van der Waals surface area (Å²) in [5.74, 6) is 0. The van der Waals surface area contributed by atoms with Crippen LogP contribution in [0.3, 0.4) is 0 Å². The van der Waals surface area contributed by atoms with Crippen LogP contribution in [-0.2, 0) is 22.6 Å². The van der Waals surface area contributed by atoms with Gasteiger partial charge in [-0.3, -0.25) is 0 Å². The molecule has 2 aromatic carbocycles. The number of halogens is 2. The summed E-state index contributed by atoms with van der Waals surface area (Å²) in [5, 5.41) is 3.93. The van der Waals surface area contributed by atoms with Gasteiger partial charge in [0.1, 0.15) is 6.10 Å². The zero-order chi connectivity index (χ0) is 18.1. The molecule has 0 saturated carbocycles. The number of hydrogen-bond acceptors (Lipinski definition) is 3. The molecule has 0 fully saturated rings. The van der Waals surface area contributed by atoms with Gasteiger partial charge < -0.3 is 14.8 Å². The second kappa shape index (κ2) is 10.3. The highest BCUT2D eigenvalue weighted by molar-refractivity contribution is 6.33. The Kier molecular flexibility index (Phi) is 8.06. The van der Waals surface area contributed by atoms with E-state index in [0.717, 1.165) is 11.1 Å². The van der Waals surface area contributed by atoms with Gasteiger partial charge in [0.25, 0.3) is 0 Å². The first-order chi connectivity index (χ1) is 12.1. The number of hydrogen-bond donors (Lipinski definition) is 1. The van der Waals surface area contributed by atoms with E-state index in [9.17, 15) is 4.79 Å². The van der Waals surface area contributed by atoms with Gasteiger partial charge in [-0.1, -0.05) is 60.5 Å². The Balaban J connectivity index is 1.74. The molecule has 1 amide bonds. The van der Waals surface area contributed by atoms with E-state index in [1.807, 2.05) is 37.3 Å². The van der Waals surface area contributed by atoms with E-state index in [1.54, 1.807) is 18.2 Å². The second-order valence-corrected chi connectivity index (χ2v) is 6.37. The van der Waals surface area contributed by atoms with Crippen LogP contribution in [0.1, 0.15) is 24.5 Å². The van der Waals surface area contributed by atoms with Crippen LogP contribution in [0, 0.1) is 0 Å². The fourth-order valence-corrected chi connectivity index (χ4v) is 2.52. The molecule has 0 bridgehead atoms. The van der Waals surface area contributed by atoms with E-state index >= 15 is 0 Å². The van der Waals surface area contributed by atoms with E-state index in [4.69, 9.17) is 32.7 Å². The lowest BCUT2D eigenvalue weighted by Gasteiger charge is -2.17. The largest absolute Gasteiger partial charge is 0.444 e. The predicted molar refractivity (Wildman–Crippen MR) is 100.0 cm³/mol. The van der Waals surface area contributed by atoms with Crippen LogP contribution in [-0.4, -0.2) is 18.8 Å². The van der Waals surface area contributed by atoms with Gasteiger partial charge in [0.2, 0.25) is 0 Å². The van der Waals surface area contributed by atoms with E-state index < -0.39 is 6.09 Å². The number of rotatable bonds is 8. The third kappa shape index (κ3) is 6.94. The van der Waals surface area contributed by atoms with Crippen LogP contribution in [0.4, 0.5) is 4.79 Å². The zero-order valence-corrected chi connectivity index (χ0v) is 15.5. The van der Waals surface area contributed by atoms with Gasteiger partial charge in [-0.05, 0) is 35.7 Å². The molecule has 2 rings (SSSR count). The molecule has 0 saturated heterocycles. The maximum Gasteiger partial charge on any atom is 0.407 e. The second-order valence-electron chi connectivity index (χ2n) is 5.53. The minimum absolute atomic E-state index is 0.290. The van der Waals surface area contributed by atoms with Gasteiger partial charge in [0.05, 0.1) is 13.2 Å². The van der Waals surface area contributed by atoms with Crippen LogP contribution < -0.4 is 5.32 Å². The summed E-state index contributed by atoms with van der Waals surface area (Å²) in [6.45, 7) is 2.96. The fourth-order valence-electron chi connectivity index (χ4n) is 2.15. The average molecular weight is 382 g/mol. The molecule has 0 aliphatic heterocycles. The third-order valence-corrected chi connectivity index (χ3v) is 4.18. The lowest BCUT2D eigenvalue weighted by atomic mass is 10.2. The average Bonchev–Trinajstić information content (AvgIpc) is 2.63. The number of benzene rings is 2. The Morgan fingerprint density at radius 2 is 1.92 bits per heavy atom. The maximum absolute atomic E-state index is 11.9. The number of carbonyl (C=O) groups excluding carboxylic acids is 1. The highest BCUT2D eigenvalue weighted by Gasteiger charge is 2.13. The molecule has 0 aliphatic rings. The molecule has 0 aromatic heterocycles. The summed E-state index contributed by atoms with van der Waals surface area (Å²) in [4.78, 5) is 11.9. The molecule has 1 N–H and O–H groups in total. The number of carbonyl (C=O) groups is 1. The standard InChI is InChI=1S/C19H21Cl2NO3/c1-2-17(13-24-12-15-10-16(20)8-9-18(15)21)25-19(23)22-11-14-6-4-3-5-7-14/h3-10,17H,2,11-13H2,1H3,(H,22,23). The van der Waals surface area contributed by atoms with Gasteiger partial charge in [-0.2, -0.15) is 0 Å². The summed E-state index contributed by atoms with van der Waals surface area (Å²) >= 11 is 12.0. The molecule has 0 spiro atoms. The molecule has 0 radical (unpaired) electrons. The smallest absolute Gasteiger partial charge is 0.407 e. The normalized spacial score (nSPS) is 11.8. The molecule has 0 aliphatic carbocycles. The Morgan fingerprint density at radius 3 is 2.64 bits per heavy atom. The van der Waals surface area contributed by atoms with E-state index in [1.165, 1.54) is 0 Å². The van der Waals surface area contributed by atoms with Crippen LogP contribution in [0.15, 0.2) is 48.5 Å². The van der Waals surface area contributed by atoms with Crippen molar-refractivity contribution in [3.8, 4) is 0 Å². The Hall–Kier alpha value is -1.75. The van der Waals surface area contributed by atoms with Crippen molar-refractivity contribution >= 4 is 29.3 Å². The number of amides is 1. The summed E-state index contributed by atoms with van der Waals surface area (Å²) in [6, 6.07) is 14.9. The summed E-state index contributed by atoms with van der Waals surface area (Å²) in [6.07, 6.45) is -0.129. The molecular weight excluding hydrogens is 361 g/mol. The van der Waals surface area contributed by atoms with E-state index in [2.05, 4.69) is 5.32 Å². The minimum Gasteiger partial charge on any atom is -0.444 e. The van der Waals surface area contributed by atoms with Gasteiger partial charge >= 0.3 is 6.09 Å². The van der Waals surface area contributed by atoms with E-state index in [0.29, 0.717) is 29.6 Å². The predicted octanol–water partition coefficient (Wildman–Crippen LogP) is 5.22. The molecule has 6 heteroatoms. The Labute approximate surface area is 158 Å². The number of ether oxygens (including phenoxy) is 2. The van der Waals surface area contributed by atoms with Crippen LogP contribution in [0.25, 0.3) is 0 Å². The molecule has 4 nitrogen and oxygen atoms in total. The van der Waals surface area contributed by atoms with Gasteiger partial charge in [-0.15, -0.1) is 0 Å². The number of nitrogens with one attached hydrogen (secondary N) is 1. The first-order valence-corrected chi connectivity index (χ1v) is 8.84. The quantitative estimate of drug-likeness (QED) is 0.681. The van der Waals surface area contributed by atoms with Crippen molar-refractivity contribution in [2.45, 2.75) is 32.6 Å². The SMILES string of the molecule is CCC(COCc1cc(Cl)ccc1Cl)OC(=O)NCc1ccccc1. The third-order valence-electron chi connectivity index (χ3n) is 3.58. The molecule has 134 valence electrons. The highest BCUT2D eigenvalue weighted by atomic mass is 35.5. The van der Waals surface area contributed by atoms with Crippen molar-refractivity contribution < 1.29 is 14.3 Å². The summed E-state index contributed by atoms with van der Waals surface area (Å²) in [7, 11) is 0. The minimum atomic E-state index is -0.458. The zero-order valence-electron chi connectivity index (χ0n) is 14.0. The summed E-state index contributed by atoms with van der Waals surface area (Å²) < 4.78 is 11.0. The fraction of sp³-hybridized carbons (Fsp3) is 0.316. The highest BCUT2D eigenvalue weighted by Crippen LogP contribution is 2.21. The Morgan fingerprint density at radius 1 is 1.16 bits per heavy atom. The molecular formula is C19H21Cl2NO3.